The second kappa shape index (κ2) is 8.03. The van der Waals surface area contributed by atoms with Gasteiger partial charge < -0.3 is 20.5 Å². The molecule has 2 rings (SSSR count). The molecule has 0 unspecified atom stereocenters. The first-order chi connectivity index (χ1) is 11.1. The third kappa shape index (κ3) is 4.60. The van der Waals surface area contributed by atoms with E-state index in [0.717, 1.165) is 11.3 Å². The number of phenols is 1. The average molecular weight is 317 g/mol. The molecule has 0 heterocycles. The number of para-hydroxylation sites is 1. The molecule has 0 spiro atoms. The van der Waals surface area contributed by atoms with E-state index in [0.29, 0.717) is 24.6 Å². The van der Waals surface area contributed by atoms with Crippen LogP contribution in [0.3, 0.4) is 0 Å². The van der Waals surface area contributed by atoms with Crippen molar-refractivity contribution in [2.45, 2.75) is 13.1 Å². The molecule has 6 heteroatoms. The van der Waals surface area contributed by atoms with Crippen LogP contribution in [0.15, 0.2) is 47.5 Å². The fourth-order valence-corrected chi connectivity index (χ4v) is 2.09. The molecule has 0 bridgehead atoms. The molecule has 0 amide bonds. The zero-order valence-electron chi connectivity index (χ0n) is 13.1. The first kappa shape index (κ1) is 16.6. The summed E-state index contributed by atoms with van der Waals surface area (Å²) in [6.07, 6.45) is 0. The smallest absolute Gasteiger partial charge is 0.191 e. The zero-order chi connectivity index (χ0) is 16.7. The first-order valence-corrected chi connectivity index (χ1v) is 7.18. The summed E-state index contributed by atoms with van der Waals surface area (Å²) in [6, 6.07) is 12.0. The molecule has 3 N–H and O–H groups in total. The second-order valence-electron chi connectivity index (χ2n) is 4.88. The number of rotatable bonds is 5. The lowest BCUT2D eigenvalue weighted by Crippen LogP contribution is -2.36. The third-order valence-corrected chi connectivity index (χ3v) is 3.33. The van der Waals surface area contributed by atoms with Crippen molar-refractivity contribution < 1.29 is 14.2 Å². The summed E-state index contributed by atoms with van der Waals surface area (Å²) in [4.78, 5) is 4.12. The minimum atomic E-state index is -0.638. The van der Waals surface area contributed by atoms with Crippen LogP contribution in [0.4, 0.5) is 4.39 Å². The summed E-state index contributed by atoms with van der Waals surface area (Å²) in [6.45, 7) is 0.941. The van der Waals surface area contributed by atoms with E-state index >= 15 is 0 Å². The molecule has 0 fully saturated rings. The molecule has 0 saturated carbocycles. The van der Waals surface area contributed by atoms with E-state index < -0.39 is 5.82 Å². The number of ether oxygens (including phenoxy) is 1. The number of nitrogens with one attached hydrogen (secondary N) is 2. The first-order valence-electron chi connectivity index (χ1n) is 7.18. The molecule has 0 saturated heterocycles. The van der Waals surface area contributed by atoms with Gasteiger partial charge in [0.1, 0.15) is 5.75 Å². The lowest BCUT2D eigenvalue weighted by atomic mass is 10.2. The number of hydrogen-bond acceptors (Lipinski definition) is 3. The highest BCUT2D eigenvalue weighted by Crippen LogP contribution is 2.17. The Morgan fingerprint density at radius 1 is 1.17 bits per heavy atom. The number of halogens is 1. The fraction of sp³-hybridized carbons (Fsp3) is 0.235. The maximum Gasteiger partial charge on any atom is 0.191 e. The fourth-order valence-electron chi connectivity index (χ4n) is 2.09. The summed E-state index contributed by atoms with van der Waals surface area (Å²) in [5.74, 6) is 0.397. The van der Waals surface area contributed by atoms with E-state index in [1.807, 2.05) is 24.3 Å². The van der Waals surface area contributed by atoms with E-state index in [1.54, 1.807) is 20.2 Å². The van der Waals surface area contributed by atoms with E-state index in [9.17, 15) is 9.50 Å². The van der Waals surface area contributed by atoms with Crippen molar-refractivity contribution in [3.8, 4) is 11.5 Å². The molecule has 2 aromatic rings. The van der Waals surface area contributed by atoms with Gasteiger partial charge in [0.2, 0.25) is 0 Å². The van der Waals surface area contributed by atoms with Crippen molar-refractivity contribution in [3.05, 3.63) is 59.4 Å². The van der Waals surface area contributed by atoms with Crippen LogP contribution >= 0.6 is 0 Å². The van der Waals surface area contributed by atoms with Gasteiger partial charge in [-0.15, -0.1) is 0 Å². The van der Waals surface area contributed by atoms with Gasteiger partial charge in [-0.05, 0) is 23.8 Å². The average Bonchev–Trinajstić information content (AvgIpc) is 2.58. The second-order valence-corrected chi connectivity index (χ2v) is 4.88. The van der Waals surface area contributed by atoms with Crippen molar-refractivity contribution in [1.29, 1.82) is 0 Å². The summed E-state index contributed by atoms with van der Waals surface area (Å²) in [7, 11) is 3.29. The molecule has 2 aromatic carbocycles. The van der Waals surface area contributed by atoms with E-state index in [2.05, 4.69) is 15.6 Å². The molecule has 122 valence electrons. The molecule has 0 radical (unpaired) electrons. The molecular weight excluding hydrogens is 297 g/mol. The summed E-state index contributed by atoms with van der Waals surface area (Å²) in [5, 5.41) is 15.4. The number of aliphatic imine (C=N–C) groups is 1. The van der Waals surface area contributed by atoms with E-state index in [1.165, 1.54) is 12.1 Å². The summed E-state index contributed by atoms with van der Waals surface area (Å²) < 4.78 is 18.6. The highest BCUT2D eigenvalue weighted by atomic mass is 19.1. The van der Waals surface area contributed by atoms with Gasteiger partial charge in [-0.2, -0.15) is 0 Å². The molecular formula is C17H20FN3O2. The van der Waals surface area contributed by atoms with Crippen LogP contribution in [0, 0.1) is 5.82 Å². The highest BCUT2D eigenvalue weighted by Gasteiger charge is 2.05. The lowest BCUT2D eigenvalue weighted by molar-refractivity contribution is 0.409. The molecule has 0 atom stereocenters. The number of phenolic OH excluding ortho intramolecular Hbond substituents is 1. The summed E-state index contributed by atoms with van der Waals surface area (Å²) in [5.41, 5.74) is 1.72. The van der Waals surface area contributed by atoms with Crippen LogP contribution in [0.25, 0.3) is 0 Å². The summed E-state index contributed by atoms with van der Waals surface area (Å²) >= 11 is 0. The van der Waals surface area contributed by atoms with Crippen LogP contribution in [0.5, 0.6) is 11.5 Å². The highest BCUT2D eigenvalue weighted by molar-refractivity contribution is 5.79. The van der Waals surface area contributed by atoms with Crippen molar-refractivity contribution in [2.24, 2.45) is 4.99 Å². The Bertz CT molecular complexity index is 689. The Labute approximate surface area is 134 Å². The Kier molecular flexibility index (Phi) is 5.80. The molecule has 23 heavy (non-hydrogen) atoms. The van der Waals surface area contributed by atoms with Gasteiger partial charge in [0.05, 0.1) is 7.11 Å². The van der Waals surface area contributed by atoms with Gasteiger partial charge in [-0.1, -0.05) is 24.3 Å². The van der Waals surface area contributed by atoms with Crippen molar-refractivity contribution >= 4 is 5.96 Å². The molecule has 0 aromatic heterocycles. The molecule has 0 aliphatic carbocycles. The Hall–Kier alpha value is -2.76. The quantitative estimate of drug-likeness (QED) is 0.585. The predicted octanol–water partition coefficient (Wildman–Crippen LogP) is 2.41. The van der Waals surface area contributed by atoms with Crippen LogP contribution in [-0.2, 0) is 13.1 Å². The van der Waals surface area contributed by atoms with Gasteiger partial charge in [0, 0.05) is 25.7 Å². The number of hydrogen-bond donors (Lipinski definition) is 3. The van der Waals surface area contributed by atoms with Crippen LogP contribution in [0.2, 0.25) is 0 Å². The maximum absolute atomic E-state index is 13.3. The largest absolute Gasteiger partial charge is 0.505 e. The van der Waals surface area contributed by atoms with Crippen molar-refractivity contribution in [3.63, 3.8) is 0 Å². The Balaban J connectivity index is 1.92. The minimum Gasteiger partial charge on any atom is -0.505 e. The van der Waals surface area contributed by atoms with Gasteiger partial charge >= 0.3 is 0 Å². The Morgan fingerprint density at radius 2 is 1.91 bits per heavy atom. The molecule has 0 aliphatic rings. The number of nitrogens with zero attached hydrogens (tertiary/aromatic N) is 1. The molecule has 5 nitrogen and oxygen atoms in total. The van der Waals surface area contributed by atoms with E-state index in [-0.39, 0.29) is 5.75 Å². The minimum absolute atomic E-state index is 0.354. The standard InChI is InChI=1S/C17H20FN3O2/c1-19-17(20-10-12-7-8-15(22)14(18)9-12)21-11-13-5-3-4-6-16(13)23-2/h3-9,22H,10-11H2,1-2H3,(H2,19,20,21). The van der Waals surface area contributed by atoms with Crippen molar-refractivity contribution in [1.82, 2.24) is 10.6 Å². The number of guanidine groups is 1. The molecule has 0 aliphatic heterocycles. The topological polar surface area (TPSA) is 65.9 Å². The monoisotopic (exact) mass is 317 g/mol. The van der Waals surface area contributed by atoms with E-state index in [4.69, 9.17) is 4.74 Å². The third-order valence-electron chi connectivity index (χ3n) is 3.33. The SMILES string of the molecule is CN=C(NCc1ccc(O)c(F)c1)NCc1ccccc1OC. The van der Waals surface area contributed by atoms with Crippen molar-refractivity contribution in [2.75, 3.05) is 14.2 Å². The Morgan fingerprint density at radius 3 is 2.61 bits per heavy atom. The maximum atomic E-state index is 13.3. The van der Waals surface area contributed by atoms with Gasteiger partial charge in [0.15, 0.2) is 17.5 Å². The predicted molar refractivity (Wildman–Crippen MR) is 88.1 cm³/mol. The van der Waals surface area contributed by atoms with Gasteiger partial charge in [-0.3, -0.25) is 4.99 Å². The number of aromatic hydroxyl groups is 1. The number of methoxy groups -OCH3 is 1. The number of benzene rings is 2. The van der Waals surface area contributed by atoms with Gasteiger partial charge in [-0.25, -0.2) is 4.39 Å². The normalized spacial score (nSPS) is 11.2. The van der Waals surface area contributed by atoms with Crippen LogP contribution < -0.4 is 15.4 Å². The zero-order valence-corrected chi connectivity index (χ0v) is 13.1. The van der Waals surface area contributed by atoms with Crippen LogP contribution in [-0.4, -0.2) is 25.2 Å². The van der Waals surface area contributed by atoms with Crippen LogP contribution in [0.1, 0.15) is 11.1 Å². The lowest BCUT2D eigenvalue weighted by Gasteiger charge is -2.14. The van der Waals surface area contributed by atoms with Gasteiger partial charge in [0.25, 0.3) is 0 Å².